The van der Waals surface area contributed by atoms with Gasteiger partial charge < -0.3 is 23.6 Å². The Morgan fingerprint density at radius 2 is 1.94 bits per heavy atom. The van der Waals surface area contributed by atoms with Crippen molar-refractivity contribution >= 4 is 5.91 Å². The number of carbonyl (C=O) groups excluding carboxylic acids is 1. The highest BCUT2D eigenvalue weighted by atomic mass is 16.5. The van der Waals surface area contributed by atoms with Crippen LogP contribution in [0.5, 0.6) is 17.2 Å². The fourth-order valence-corrected chi connectivity index (χ4v) is 4.49. The zero-order valence-corrected chi connectivity index (χ0v) is 19.0. The number of ether oxygens (including phenoxy) is 3. The number of hydrogen-bond acceptors (Lipinski definition) is 6. The normalized spacial score (nSPS) is 17.6. The summed E-state index contributed by atoms with van der Waals surface area (Å²) < 4.78 is 22.8. The maximum Gasteiger partial charge on any atom is 0.254 e. The van der Waals surface area contributed by atoms with Crippen LogP contribution in [-0.4, -0.2) is 35.7 Å². The summed E-state index contributed by atoms with van der Waals surface area (Å²) in [6.07, 6.45) is 2.76. The van der Waals surface area contributed by atoms with Crippen LogP contribution in [0.15, 0.2) is 47.0 Å². The van der Waals surface area contributed by atoms with Gasteiger partial charge in [0, 0.05) is 18.5 Å². The van der Waals surface area contributed by atoms with Crippen molar-refractivity contribution in [1.82, 2.24) is 10.1 Å². The monoisotopic (exact) mass is 448 g/mol. The summed E-state index contributed by atoms with van der Waals surface area (Å²) in [5.74, 6) is 2.93. The highest BCUT2D eigenvalue weighted by Crippen LogP contribution is 2.38. The minimum Gasteiger partial charge on any atom is -0.490 e. The Labute approximate surface area is 193 Å². The van der Waals surface area contributed by atoms with Crippen molar-refractivity contribution in [2.24, 2.45) is 0 Å². The summed E-state index contributed by atoms with van der Waals surface area (Å²) in [6.45, 7) is 6.14. The van der Waals surface area contributed by atoms with Crippen molar-refractivity contribution in [2.45, 2.75) is 45.8 Å². The lowest BCUT2D eigenvalue weighted by Crippen LogP contribution is -2.30. The average molecular weight is 449 g/mol. The van der Waals surface area contributed by atoms with Gasteiger partial charge in [-0.1, -0.05) is 17.3 Å². The molecule has 1 amide bonds. The zero-order valence-electron chi connectivity index (χ0n) is 19.0. The molecule has 7 nitrogen and oxygen atoms in total. The first-order valence-corrected chi connectivity index (χ1v) is 11.5. The Morgan fingerprint density at radius 1 is 1.09 bits per heavy atom. The lowest BCUT2D eigenvalue weighted by Gasteiger charge is -2.26. The first kappa shape index (κ1) is 21.4. The molecule has 3 aromatic rings. The van der Waals surface area contributed by atoms with Gasteiger partial charge in [-0.05, 0) is 62.6 Å². The number of aromatic nitrogens is 1. The van der Waals surface area contributed by atoms with Gasteiger partial charge in [-0.2, -0.15) is 0 Å². The minimum absolute atomic E-state index is 0.00685. The summed E-state index contributed by atoms with van der Waals surface area (Å²) in [5.41, 5.74) is 3.44. The molecule has 0 spiro atoms. The Hall–Kier alpha value is -3.48. The van der Waals surface area contributed by atoms with Gasteiger partial charge >= 0.3 is 0 Å². The molecular weight excluding hydrogens is 420 g/mol. The number of hydrogen-bond donors (Lipinski definition) is 0. The third-order valence-corrected chi connectivity index (χ3v) is 6.32. The van der Waals surface area contributed by atoms with Crippen LogP contribution in [0.4, 0.5) is 0 Å². The van der Waals surface area contributed by atoms with Crippen molar-refractivity contribution in [2.75, 3.05) is 19.8 Å². The van der Waals surface area contributed by atoms with Gasteiger partial charge in [0.2, 0.25) is 0 Å². The molecule has 5 rings (SSSR count). The highest BCUT2D eigenvalue weighted by Gasteiger charge is 2.31. The molecule has 1 aromatic heterocycles. The maximum atomic E-state index is 13.5. The van der Waals surface area contributed by atoms with Crippen LogP contribution in [0.3, 0.4) is 0 Å². The summed E-state index contributed by atoms with van der Waals surface area (Å²) in [6, 6.07) is 13.4. The third kappa shape index (κ3) is 4.40. The zero-order chi connectivity index (χ0) is 22.8. The van der Waals surface area contributed by atoms with E-state index in [1.54, 1.807) is 0 Å². The van der Waals surface area contributed by atoms with Crippen molar-refractivity contribution in [3.63, 3.8) is 0 Å². The van der Waals surface area contributed by atoms with Crippen LogP contribution in [0.25, 0.3) is 0 Å². The van der Waals surface area contributed by atoms with Crippen LogP contribution < -0.4 is 14.2 Å². The van der Waals surface area contributed by atoms with E-state index in [1.807, 2.05) is 61.2 Å². The molecule has 7 heteroatoms. The predicted octanol–water partition coefficient (Wildman–Crippen LogP) is 5.01. The molecule has 172 valence electrons. The number of nitrogens with zero attached hydrogens (tertiary/aromatic N) is 2. The molecule has 3 heterocycles. The smallest absolute Gasteiger partial charge is 0.254 e. The van der Waals surface area contributed by atoms with Crippen molar-refractivity contribution in [1.29, 1.82) is 0 Å². The second kappa shape index (κ2) is 9.17. The fraction of sp³-hybridized carbons (Fsp3) is 0.385. The van der Waals surface area contributed by atoms with Gasteiger partial charge in [0.15, 0.2) is 11.5 Å². The van der Waals surface area contributed by atoms with E-state index in [0.717, 1.165) is 59.9 Å². The first-order chi connectivity index (χ1) is 16.1. The van der Waals surface area contributed by atoms with Crippen molar-refractivity contribution in [3.8, 4) is 17.2 Å². The third-order valence-electron chi connectivity index (χ3n) is 6.32. The Morgan fingerprint density at radius 3 is 2.76 bits per heavy atom. The predicted molar refractivity (Wildman–Crippen MR) is 122 cm³/mol. The SMILES string of the molecule is Cc1noc(C)c1COc1cccc(C(=O)N2CCCC2c2ccc3c(c2)OCCCO3)c1. The summed E-state index contributed by atoms with van der Waals surface area (Å²) >= 11 is 0. The number of amides is 1. The number of carbonyl (C=O) groups is 1. The van der Waals surface area contributed by atoms with E-state index in [0.29, 0.717) is 31.1 Å². The molecule has 2 aliphatic heterocycles. The van der Waals surface area contributed by atoms with Gasteiger partial charge in [0.1, 0.15) is 18.1 Å². The van der Waals surface area contributed by atoms with E-state index >= 15 is 0 Å². The van der Waals surface area contributed by atoms with Gasteiger partial charge in [-0.3, -0.25) is 4.79 Å². The molecule has 2 aromatic carbocycles. The van der Waals surface area contributed by atoms with E-state index in [9.17, 15) is 4.79 Å². The van der Waals surface area contributed by atoms with E-state index in [2.05, 4.69) is 5.16 Å². The molecule has 0 saturated carbocycles. The molecule has 1 fully saturated rings. The van der Waals surface area contributed by atoms with Gasteiger partial charge in [-0.15, -0.1) is 0 Å². The molecule has 1 saturated heterocycles. The summed E-state index contributed by atoms with van der Waals surface area (Å²) in [5, 5.41) is 3.96. The number of rotatable bonds is 5. The maximum absolute atomic E-state index is 13.5. The van der Waals surface area contributed by atoms with Gasteiger partial charge in [0.25, 0.3) is 5.91 Å². The molecule has 2 aliphatic rings. The van der Waals surface area contributed by atoms with Crippen molar-refractivity contribution in [3.05, 3.63) is 70.6 Å². The average Bonchev–Trinajstić information content (AvgIpc) is 3.36. The highest BCUT2D eigenvalue weighted by molar-refractivity contribution is 5.95. The molecule has 1 atom stereocenters. The van der Waals surface area contributed by atoms with Gasteiger partial charge in [-0.25, -0.2) is 0 Å². The molecule has 0 N–H and O–H groups in total. The molecule has 0 bridgehead atoms. The minimum atomic E-state index is 0.00685. The Bertz CT molecular complexity index is 1140. The number of aryl methyl sites for hydroxylation is 2. The molecule has 0 aliphatic carbocycles. The van der Waals surface area contributed by atoms with Crippen LogP contribution in [0.2, 0.25) is 0 Å². The van der Waals surface area contributed by atoms with E-state index < -0.39 is 0 Å². The number of benzene rings is 2. The molecule has 33 heavy (non-hydrogen) atoms. The quantitative estimate of drug-likeness (QED) is 0.546. The Balaban J connectivity index is 1.32. The van der Waals surface area contributed by atoms with E-state index in [4.69, 9.17) is 18.7 Å². The topological polar surface area (TPSA) is 74.0 Å². The van der Waals surface area contributed by atoms with Crippen LogP contribution >= 0.6 is 0 Å². The van der Waals surface area contributed by atoms with Crippen molar-refractivity contribution < 1.29 is 23.5 Å². The second-order valence-electron chi connectivity index (χ2n) is 8.53. The number of fused-ring (bicyclic) bond motifs is 1. The van der Waals surface area contributed by atoms with E-state index in [1.165, 1.54) is 0 Å². The largest absolute Gasteiger partial charge is 0.490 e. The van der Waals surface area contributed by atoms with Crippen LogP contribution in [0.1, 0.15) is 58.2 Å². The molecule has 0 radical (unpaired) electrons. The lowest BCUT2D eigenvalue weighted by atomic mass is 10.0. The standard InChI is InChI=1S/C26H28N2O5/c1-17-22(18(2)33-27-17)16-32-21-7-3-6-20(14-21)26(29)28-11-4-8-23(28)19-9-10-24-25(15-19)31-13-5-12-30-24/h3,6-7,9-10,14-15,23H,4-5,8,11-13,16H2,1-2H3. The molecular formula is C26H28N2O5. The summed E-state index contributed by atoms with van der Waals surface area (Å²) in [4.78, 5) is 15.4. The molecule has 1 unspecified atom stereocenters. The second-order valence-corrected chi connectivity index (χ2v) is 8.53. The Kier molecular flexibility index (Phi) is 5.94. The van der Waals surface area contributed by atoms with Crippen LogP contribution in [0, 0.1) is 13.8 Å². The fourth-order valence-electron chi connectivity index (χ4n) is 4.49. The van der Waals surface area contributed by atoms with Gasteiger partial charge in [0.05, 0.1) is 30.5 Å². The summed E-state index contributed by atoms with van der Waals surface area (Å²) in [7, 11) is 0. The first-order valence-electron chi connectivity index (χ1n) is 11.5. The number of likely N-dealkylation sites (tertiary alicyclic amines) is 1. The van der Waals surface area contributed by atoms with E-state index in [-0.39, 0.29) is 11.9 Å². The lowest BCUT2D eigenvalue weighted by molar-refractivity contribution is 0.0735. The van der Waals surface area contributed by atoms with Crippen LogP contribution in [-0.2, 0) is 6.61 Å².